The van der Waals surface area contributed by atoms with Gasteiger partial charge in [-0.25, -0.2) is 0 Å². The van der Waals surface area contributed by atoms with E-state index in [0.717, 1.165) is 16.6 Å². The SMILES string of the molecule is CC(C)(C)c1cc2cc(NC(=O)C3(c4ccc5c(c4)OC(F)(F)O5)CC3)ccc2n1CC(O)CC(=O)O.[HH]. The Morgan fingerprint density at radius 1 is 1.11 bits per heavy atom. The fourth-order valence-electron chi connectivity index (χ4n) is 4.91. The van der Waals surface area contributed by atoms with Gasteiger partial charge in [-0.1, -0.05) is 26.8 Å². The van der Waals surface area contributed by atoms with Crippen molar-refractivity contribution in [3.63, 3.8) is 0 Å². The summed E-state index contributed by atoms with van der Waals surface area (Å²) in [5, 5.41) is 23.1. The van der Waals surface area contributed by atoms with Gasteiger partial charge in [-0.2, -0.15) is 0 Å². The molecule has 1 amide bonds. The summed E-state index contributed by atoms with van der Waals surface area (Å²) in [6.07, 6.45) is -3.99. The van der Waals surface area contributed by atoms with Gasteiger partial charge in [0, 0.05) is 35.7 Å². The number of carbonyl (C=O) groups excluding carboxylic acids is 1. The fourth-order valence-corrected chi connectivity index (χ4v) is 4.91. The van der Waals surface area contributed by atoms with Crippen LogP contribution in [0.25, 0.3) is 10.9 Å². The first kappa shape index (κ1) is 25.0. The van der Waals surface area contributed by atoms with Gasteiger partial charge in [0.1, 0.15) is 0 Å². The van der Waals surface area contributed by atoms with Crippen LogP contribution in [0.4, 0.5) is 14.5 Å². The normalized spacial score (nSPS) is 18.0. The van der Waals surface area contributed by atoms with Crippen LogP contribution in [0.5, 0.6) is 11.5 Å². The summed E-state index contributed by atoms with van der Waals surface area (Å²) < 4.78 is 37.8. The minimum absolute atomic E-state index is 0. The number of fused-ring (bicyclic) bond motifs is 2. The van der Waals surface area contributed by atoms with E-state index in [1.165, 1.54) is 12.1 Å². The molecule has 0 spiro atoms. The van der Waals surface area contributed by atoms with E-state index in [9.17, 15) is 23.5 Å². The molecule has 2 aliphatic rings. The van der Waals surface area contributed by atoms with Gasteiger partial charge >= 0.3 is 12.3 Å². The van der Waals surface area contributed by atoms with E-state index >= 15 is 0 Å². The molecular weight excluding hydrogens is 486 g/mol. The summed E-state index contributed by atoms with van der Waals surface area (Å²) in [7, 11) is 0. The van der Waals surface area contributed by atoms with Crippen LogP contribution in [0.15, 0.2) is 42.5 Å². The lowest BCUT2D eigenvalue weighted by Crippen LogP contribution is -2.28. The van der Waals surface area contributed by atoms with Gasteiger partial charge in [0.15, 0.2) is 11.5 Å². The molecule has 1 unspecified atom stereocenters. The smallest absolute Gasteiger partial charge is 0.481 e. The Morgan fingerprint density at radius 2 is 1.81 bits per heavy atom. The Kier molecular flexibility index (Phi) is 5.71. The van der Waals surface area contributed by atoms with Gasteiger partial charge in [0.2, 0.25) is 5.91 Å². The molecule has 1 aliphatic heterocycles. The number of carboxylic acids is 1. The Labute approximate surface area is 213 Å². The van der Waals surface area contributed by atoms with Gasteiger partial charge in [-0.15, -0.1) is 8.78 Å². The number of nitrogens with zero attached hydrogens (tertiary/aromatic N) is 1. The van der Waals surface area contributed by atoms with Crippen molar-refractivity contribution in [3.05, 3.63) is 53.7 Å². The van der Waals surface area contributed by atoms with Crippen molar-refractivity contribution < 1.29 is 39.5 Å². The van der Waals surface area contributed by atoms with E-state index in [-0.39, 0.29) is 37.2 Å². The number of carboxylic acid groups (broad SMARTS) is 1. The third-order valence-electron chi connectivity index (χ3n) is 6.87. The molecule has 2 heterocycles. The number of amides is 1. The number of hydrogen-bond acceptors (Lipinski definition) is 5. The fraction of sp³-hybridized carbons (Fsp3) is 0.407. The molecule has 3 N–H and O–H groups in total. The van der Waals surface area contributed by atoms with Crippen molar-refractivity contribution in [1.82, 2.24) is 4.57 Å². The Morgan fingerprint density at radius 3 is 2.46 bits per heavy atom. The van der Waals surface area contributed by atoms with Crippen LogP contribution in [0.3, 0.4) is 0 Å². The number of carbonyl (C=O) groups is 2. The first-order chi connectivity index (χ1) is 17.3. The largest absolute Gasteiger partial charge is 0.586 e. The maximum atomic E-state index is 13.4. The molecule has 5 rings (SSSR count). The zero-order valence-corrected chi connectivity index (χ0v) is 20.7. The van der Waals surface area contributed by atoms with Crippen molar-refractivity contribution in [2.24, 2.45) is 0 Å². The molecule has 0 bridgehead atoms. The highest BCUT2D eigenvalue weighted by Gasteiger charge is 2.52. The Hall–Kier alpha value is -3.66. The van der Waals surface area contributed by atoms with Crippen molar-refractivity contribution >= 4 is 28.5 Å². The zero-order valence-electron chi connectivity index (χ0n) is 20.7. The van der Waals surface area contributed by atoms with Crippen molar-refractivity contribution in [2.75, 3.05) is 5.32 Å². The molecule has 1 aromatic heterocycles. The number of aliphatic carboxylic acids is 1. The second-order valence-electron chi connectivity index (χ2n) is 10.8. The molecule has 1 saturated carbocycles. The third-order valence-corrected chi connectivity index (χ3v) is 6.87. The first-order valence-electron chi connectivity index (χ1n) is 12.0. The number of hydrogen-bond donors (Lipinski definition) is 3. The molecule has 8 nitrogen and oxygen atoms in total. The first-order valence-corrected chi connectivity index (χ1v) is 12.0. The third kappa shape index (κ3) is 4.73. The summed E-state index contributed by atoms with van der Waals surface area (Å²) in [5.41, 5.74) is 1.77. The van der Waals surface area contributed by atoms with Gasteiger partial charge < -0.3 is 29.6 Å². The summed E-state index contributed by atoms with van der Waals surface area (Å²) in [4.78, 5) is 24.4. The molecule has 0 radical (unpaired) electrons. The van der Waals surface area contributed by atoms with Crippen LogP contribution < -0.4 is 14.8 Å². The van der Waals surface area contributed by atoms with Crippen LogP contribution in [0.1, 0.15) is 52.7 Å². The number of alkyl halides is 2. The molecule has 2 aromatic carbocycles. The van der Waals surface area contributed by atoms with Crippen molar-refractivity contribution in [3.8, 4) is 11.5 Å². The quantitative estimate of drug-likeness (QED) is 0.407. The summed E-state index contributed by atoms with van der Waals surface area (Å²) >= 11 is 0. The number of aromatic nitrogens is 1. The summed E-state index contributed by atoms with van der Waals surface area (Å²) in [6, 6.07) is 11.8. The number of aliphatic hydroxyl groups excluding tert-OH is 1. The lowest BCUT2D eigenvalue weighted by molar-refractivity contribution is -0.286. The predicted molar refractivity (Wildman–Crippen MR) is 133 cm³/mol. The number of benzene rings is 2. The van der Waals surface area contributed by atoms with Gasteiger partial charge in [-0.3, -0.25) is 9.59 Å². The van der Waals surface area contributed by atoms with Gasteiger partial charge in [0.05, 0.1) is 17.9 Å². The van der Waals surface area contributed by atoms with Gasteiger partial charge in [-0.05, 0) is 54.8 Å². The number of anilines is 1. The standard InChI is InChI=1S/C27H28F2N2O6.H2/c1-25(2,3)22-11-15-10-17(5-6-19(15)31(22)14-18(32)13-23(33)34)30-24(35)26(8-9-26)16-4-7-20-21(12-16)37-27(28,29)36-20;/h4-7,10-12,18,32H,8-9,13-14H2,1-3H3,(H,30,35)(H,33,34);1H. The highest BCUT2D eigenvalue weighted by Crippen LogP contribution is 2.52. The predicted octanol–water partition coefficient (Wildman–Crippen LogP) is 5.01. The van der Waals surface area contributed by atoms with Gasteiger partial charge in [0.25, 0.3) is 0 Å². The molecule has 1 aliphatic carbocycles. The number of ether oxygens (including phenoxy) is 2. The summed E-state index contributed by atoms with van der Waals surface area (Å²) in [5.74, 6) is -1.48. The van der Waals surface area contributed by atoms with Crippen LogP contribution in [0, 0.1) is 0 Å². The number of halogens is 2. The van der Waals surface area contributed by atoms with E-state index in [1.54, 1.807) is 12.1 Å². The topological polar surface area (TPSA) is 110 Å². The van der Waals surface area contributed by atoms with Crippen LogP contribution in [-0.2, 0) is 27.0 Å². The highest BCUT2D eigenvalue weighted by atomic mass is 19.3. The number of aliphatic hydroxyl groups is 1. The summed E-state index contributed by atoms with van der Waals surface area (Å²) in [6.45, 7) is 6.21. The molecule has 3 aromatic rings. The molecule has 0 saturated heterocycles. The van der Waals surface area contributed by atoms with E-state index in [2.05, 4.69) is 14.8 Å². The number of nitrogens with one attached hydrogen (secondary N) is 1. The molecule has 1 fully saturated rings. The van der Waals surface area contributed by atoms with Crippen LogP contribution >= 0.6 is 0 Å². The minimum atomic E-state index is -3.72. The van der Waals surface area contributed by atoms with E-state index in [0.29, 0.717) is 24.1 Å². The lowest BCUT2D eigenvalue weighted by Gasteiger charge is -2.23. The maximum absolute atomic E-state index is 13.4. The molecule has 198 valence electrons. The van der Waals surface area contributed by atoms with Crippen LogP contribution in [0.2, 0.25) is 0 Å². The minimum Gasteiger partial charge on any atom is -0.481 e. The highest BCUT2D eigenvalue weighted by molar-refractivity contribution is 6.02. The van der Waals surface area contributed by atoms with Crippen molar-refractivity contribution in [1.29, 1.82) is 0 Å². The molecule has 37 heavy (non-hydrogen) atoms. The van der Waals surface area contributed by atoms with E-state index in [1.807, 2.05) is 43.5 Å². The van der Waals surface area contributed by atoms with Crippen molar-refractivity contribution in [2.45, 2.75) is 69.8 Å². The van der Waals surface area contributed by atoms with E-state index < -0.39 is 23.8 Å². The second kappa shape index (κ2) is 8.44. The Balaban J connectivity index is 0.00000336. The monoisotopic (exact) mass is 516 g/mol. The second-order valence-corrected chi connectivity index (χ2v) is 10.8. The van der Waals surface area contributed by atoms with E-state index in [4.69, 9.17) is 5.11 Å². The molecular formula is C27H30F2N2O6. The zero-order chi connectivity index (χ0) is 26.8. The Bertz CT molecular complexity index is 1410. The van der Waals surface area contributed by atoms with Crippen LogP contribution in [-0.4, -0.2) is 39.1 Å². The average molecular weight is 517 g/mol. The maximum Gasteiger partial charge on any atom is 0.586 e. The lowest BCUT2D eigenvalue weighted by atomic mass is 9.92. The molecule has 1 atom stereocenters. The average Bonchev–Trinajstić information content (AvgIpc) is 3.42. The number of rotatable bonds is 7. The molecule has 10 heteroatoms.